The van der Waals surface area contributed by atoms with Crippen LogP contribution in [0.2, 0.25) is 0 Å². The topological polar surface area (TPSA) is 77.0 Å². The van der Waals surface area contributed by atoms with E-state index in [0.717, 1.165) is 15.7 Å². The van der Waals surface area contributed by atoms with Gasteiger partial charge >= 0.3 is 12.0 Å². The van der Waals surface area contributed by atoms with Crippen molar-refractivity contribution in [2.75, 3.05) is 11.1 Å². The maximum Gasteiger partial charge on any atom is 0.321 e. The van der Waals surface area contributed by atoms with Gasteiger partial charge in [0.1, 0.15) is 0 Å². The number of hydrogen-bond acceptors (Lipinski definition) is 5. The van der Waals surface area contributed by atoms with Crippen LogP contribution in [0, 0.1) is 6.92 Å². The van der Waals surface area contributed by atoms with Gasteiger partial charge in [-0.25, -0.2) is 0 Å². The summed E-state index contributed by atoms with van der Waals surface area (Å²) in [5, 5.41) is 10.2. The molecule has 0 amide bonds. The van der Waals surface area contributed by atoms with Crippen molar-refractivity contribution in [2.45, 2.75) is 6.92 Å². The van der Waals surface area contributed by atoms with Crippen LogP contribution in [-0.4, -0.2) is 10.2 Å². The summed E-state index contributed by atoms with van der Waals surface area (Å²) in [6.07, 6.45) is 0. The highest BCUT2D eigenvalue weighted by Crippen LogP contribution is 2.22. The zero-order valence-electron chi connectivity index (χ0n) is 7.99. The largest absolute Gasteiger partial charge is 0.389 e. The molecule has 0 fully saturated rings. The van der Waals surface area contributed by atoms with E-state index in [4.69, 9.17) is 10.2 Å². The van der Waals surface area contributed by atoms with Crippen molar-refractivity contribution in [2.24, 2.45) is 0 Å². The van der Waals surface area contributed by atoms with Crippen LogP contribution in [0.3, 0.4) is 0 Å². The fourth-order valence-electron chi connectivity index (χ4n) is 1.13. The number of nitrogens with zero attached hydrogens (tertiary/aromatic N) is 2. The summed E-state index contributed by atoms with van der Waals surface area (Å²) in [6, 6.07) is 6.14. The monoisotopic (exact) mass is 268 g/mol. The van der Waals surface area contributed by atoms with Crippen molar-refractivity contribution in [3.8, 4) is 0 Å². The number of anilines is 3. The molecule has 0 unspecified atom stereocenters. The maximum atomic E-state index is 5.30. The summed E-state index contributed by atoms with van der Waals surface area (Å²) >= 11 is 3.42. The molecule has 0 aliphatic carbocycles. The Hall–Kier alpha value is -1.56. The molecule has 0 saturated heterocycles. The number of rotatable bonds is 2. The third-order valence-corrected chi connectivity index (χ3v) is 2.74. The molecule has 5 nitrogen and oxygen atoms in total. The molecule has 2 rings (SSSR count). The normalized spacial score (nSPS) is 10.3. The standard InChI is InChI=1S/C9H9BrN4O/c1-5-4-6(2-3-7(5)10)12-9-14-13-8(11)15-9/h2-4H,1H3,(H2,11,13)(H,12,14). The Morgan fingerprint density at radius 1 is 1.40 bits per heavy atom. The van der Waals surface area contributed by atoms with Gasteiger partial charge in [0.15, 0.2) is 0 Å². The van der Waals surface area contributed by atoms with E-state index in [0.29, 0.717) is 0 Å². The third kappa shape index (κ3) is 2.27. The molecule has 0 aliphatic rings. The Balaban J connectivity index is 2.21. The van der Waals surface area contributed by atoms with Gasteiger partial charge in [0.05, 0.1) is 0 Å². The molecule has 0 spiro atoms. The van der Waals surface area contributed by atoms with E-state index in [9.17, 15) is 0 Å². The number of nitrogen functional groups attached to an aromatic ring is 1. The van der Waals surface area contributed by atoms with Crippen LogP contribution >= 0.6 is 15.9 Å². The van der Waals surface area contributed by atoms with Crippen LogP contribution in [0.15, 0.2) is 27.1 Å². The second kappa shape index (κ2) is 3.90. The van der Waals surface area contributed by atoms with Crippen LogP contribution in [0.1, 0.15) is 5.56 Å². The number of aromatic nitrogens is 2. The van der Waals surface area contributed by atoms with Crippen LogP contribution in [-0.2, 0) is 0 Å². The molecule has 0 atom stereocenters. The van der Waals surface area contributed by atoms with Crippen molar-refractivity contribution in [3.63, 3.8) is 0 Å². The summed E-state index contributed by atoms with van der Waals surface area (Å²) in [5.74, 6) is 0. The zero-order chi connectivity index (χ0) is 10.8. The van der Waals surface area contributed by atoms with Gasteiger partial charge in [-0.3, -0.25) is 0 Å². The maximum absolute atomic E-state index is 5.30. The molecule has 1 heterocycles. The predicted molar refractivity (Wildman–Crippen MR) is 60.9 cm³/mol. The minimum atomic E-state index is 0.0475. The van der Waals surface area contributed by atoms with Crippen molar-refractivity contribution in [3.05, 3.63) is 28.2 Å². The van der Waals surface area contributed by atoms with Gasteiger partial charge in [0.2, 0.25) is 0 Å². The second-order valence-electron chi connectivity index (χ2n) is 3.03. The van der Waals surface area contributed by atoms with E-state index < -0.39 is 0 Å². The Kier molecular flexibility index (Phi) is 2.59. The first-order chi connectivity index (χ1) is 7.15. The fourth-order valence-corrected chi connectivity index (χ4v) is 1.38. The summed E-state index contributed by atoms with van der Waals surface area (Å²) in [4.78, 5) is 0. The molecule has 1 aromatic heterocycles. The van der Waals surface area contributed by atoms with Gasteiger partial charge in [-0.15, -0.1) is 0 Å². The van der Waals surface area contributed by atoms with Crippen LogP contribution in [0.4, 0.5) is 17.7 Å². The lowest BCUT2D eigenvalue weighted by Crippen LogP contribution is -1.91. The summed E-state index contributed by atoms with van der Waals surface area (Å²) < 4.78 is 6.04. The van der Waals surface area contributed by atoms with Crippen LogP contribution in [0.25, 0.3) is 0 Å². The molecular weight excluding hydrogens is 260 g/mol. The Bertz CT molecular complexity index is 483. The second-order valence-corrected chi connectivity index (χ2v) is 3.89. The molecule has 15 heavy (non-hydrogen) atoms. The first-order valence-electron chi connectivity index (χ1n) is 4.27. The van der Waals surface area contributed by atoms with E-state index in [1.807, 2.05) is 25.1 Å². The first kappa shape index (κ1) is 9.97. The number of aryl methyl sites for hydroxylation is 1. The average Bonchev–Trinajstić information content (AvgIpc) is 2.58. The molecule has 78 valence electrons. The molecule has 6 heteroatoms. The molecule has 0 saturated carbocycles. The van der Waals surface area contributed by atoms with E-state index >= 15 is 0 Å². The van der Waals surface area contributed by atoms with E-state index in [1.165, 1.54) is 0 Å². The van der Waals surface area contributed by atoms with E-state index in [-0.39, 0.29) is 12.0 Å². The molecule has 0 aliphatic heterocycles. The van der Waals surface area contributed by atoms with E-state index in [1.54, 1.807) is 0 Å². The van der Waals surface area contributed by atoms with Crippen molar-refractivity contribution < 1.29 is 4.42 Å². The minimum Gasteiger partial charge on any atom is -0.389 e. The number of benzene rings is 1. The molecular formula is C9H9BrN4O. The van der Waals surface area contributed by atoms with Crippen LogP contribution < -0.4 is 11.1 Å². The Labute approximate surface area is 94.8 Å². The summed E-state index contributed by atoms with van der Waals surface area (Å²) in [6.45, 7) is 2.00. The van der Waals surface area contributed by atoms with Crippen molar-refractivity contribution in [1.29, 1.82) is 0 Å². The fraction of sp³-hybridized carbons (Fsp3) is 0.111. The number of halogens is 1. The van der Waals surface area contributed by atoms with Gasteiger partial charge in [-0.2, -0.15) is 0 Å². The van der Waals surface area contributed by atoms with Crippen molar-refractivity contribution in [1.82, 2.24) is 10.2 Å². The SMILES string of the molecule is Cc1cc(Nc2nnc(N)o2)ccc1Br. The first-order valence-corrected chi connectivity index (χ1v) is 5.06. The van der Waals surface area contributed by atoms with Gasteiger partial charge < -0.3 is 15.5 Å². The molecule has 0 radical (unpaired) electrons. The predicted octanol–water partition coefficient (Wildman–Crippen LogP) is 2.47. The number of nitrogens with two attached hydrogens (primary N) is 1. The lowest BCUT2D eigenvalue weighted by Gasteiger charge is -2.03. The highest BCUT2D eigenvalue weighted by atomic mass is 79.9. The van der Waals surface area contributed by atoms with Gasteiger partial charge in [-0.05, 0) is 30.7 Å². The van der Waals surface area contributed by atoms with Gasteiger partial charge in [-0.1, -0.05) is 26.1 Å². The van der Waals surface area contributed by atoms with E-state index in [2.05, 4.69) is 31.4 Å². The molecule has 2 aromatic rings. The minimum absolute atomic E-state index is 0.0475. The average molecular weight is 269 g/mol. The quantitative estimate of drug-likeness (QED) is 0.875. The smallest absolute Gasteiger partial charge is 0.321 e. The highest BCUT2D eigenvalue weighted by molar-refractivity contribution is 9.10. The zero-order valence-corrected chi connectivity index (χ0v) is 9.58. The Morgan fingerprint density at radius 3 is 2.80 bits per heavy atom. The van der Waals surface area contributed by atoms with Gasteiger partial charge in [0.25, 0.3) is 0 Å². The lowest BCUT2D eigenvalue weighted by atomic mass is 10.2. The van der Waals surface area contributed by atoms with Crippen LogP contribution in [0.5, 0.6) is 0 Å². The summed E-state index contributed by atoms with van der Waals surface area (Å²) in [5.41, 5.74) is 7.29. The lowest BCUT2D eigenvalue weighted by molar-refractivity contribution is 0.593. The highest BCUT2D eigenvalue weighted by Gasteiger charge is 2.03. The Morgan fingerprint density at radius 2 is 2.20 bits per heavy atom. The van der Waals surface area contributed by atoms with Gasteiger partial charge in [0, 0.05) is 10.2 Å². The number of nitrogens with one attached hydrogen (secondary N) is 1. The number of hydrogen-bond donors (Lipinski definition) is 2. The molecule has 3 N–H and O–H groups in total. The van der Waals surface area contributed by atoms with Crippen molar-refractivity contribution >= 4 is 33.6 Å². The molecule has 0 bridgehead atoms. The molecule has 1 aromatic carbocycles. The summed E-state index contributed by atoms with van der Waals surface area (Å²) in [7, 11) is 0. The third-order valence-electron chi connectivity index (χ3n) is 1.85.